The lowest BCUT2D eigenvalue weighted by Gasteiger charge is -2.05. The van der Waals surface area contributed by atoms with E-state index in [1.54, 1.807) is 23.2 Å². The maximum absolute atomic E-state index is 12.3. The van der Waals surface area contributed by atoms with Gasteiger partial charge in [-0.1, -0.05) is 0 Å². The van der Waals surface area contributed by atoms with Crippen molar-refractivity contribution in [2.45, 2.75) is 44.9 Å². The molecule has 21 heavy (non-hydrogen) atoms. The van der Waals surface area contributed by atoms with Crippen molar-refractivity contribution in [1.82, 2.24) is 24.1 Å². The van der Waals surface area contributed by atoms with Crippen molar-refractivity contribution in [1.29, 1.82) is 0 Å². The number of hydrogen-bond acceptors (Lipinski definition) is 5. The molecule has 0 fully saturated rings. The lowest BCUT2D eigenvalue weighted by atomic mass is 10.4. The molecule has 9 heteroatoms. The van der Waals surface area contributed by atoms with Crippen molar-refractivity contribution in [2.24, 2.45) is 5.73 Å². The second-order valence-corrected chi connectivity index (χ2v) is 6.28. The normalized spacial score (nSPS) is 12.0. The van der Waals surface area contributed by atoms with Gasteiger partial charge in [-0.2, -0.15) is 0 Å². The second kappa shape index (κ2) is 6.37. The zero-order valence-corrected chi connectivity index (χ0v) is 13.0. The number of nitrogens with zero attached hydrogens (tertiary/aromatic N) is 4. The molecule has 0 unspecified atom stereocenters. The van der Waals surface area contributed by atoms with Gasteiger partial charge in [0.1, 0.15) is 12.2 Å². The van der Waals surface area contributed by atoms with Crippen LogP contribution in [0.25, 0.3) is 0 Å². The largest absolute Gasteiger partial charge is 0.349 e. The zero-order valence-electron chi connectivity index (χ0n) is 12.2. The minimum atomic E-state index is -3.59. The fourth-order valence-electron chi connectivity index (χ4n) is 2.06. The van der Waals surface area contributed by atoms with Crippen molar-refractivity contribution in [3.63, 3.8) is 0 Å². The third-order valence-corrected chi connectivity index (χ3v) is 4.65. The first-order valence-corrected chi connectivity index (χ1v) is 8.25. The van der Waals surface area contributed by atoms with E-state index in [-0.39, 0.29) is 11.4 Å². The topological polar surface area (TPSA) is 108 Å². The van der Waals surface area contributed by atoms with Crippen LogP contribution in [0, 0.1) is 0 Å². The van der Waals surface area contributed by atoms with Crippen LogP contribution >= 0.6 is 0 Å². The molecular formula is C12H20N6O2S. The van der Waals surface area contributed by atoms with Crippen molar-refractivity contribution < 1.29 is 8.42 Å². The average Bonchev–Trinajstić information content (AvgIpc) is 3.11. The molecular weight excluding hydrogens is 292 g/mol. The molecule has 0 bridgehead atoms. The summed E-state index contributed by atoms with van der Waals surface area (Å²) in [6.45, 7) is 5.64. The van der Waals surface area contributed by atoms with Gasteiger partial charge in [0.05, 0.1) is 11.4 Å². The van der Waals surface area contributed by atoms with E-state index in [2.05, 4.69) is 14.9 Å². The Morgan fingerprint density at radius 1 is 1.29 bits per heavy atom. The Labute approximate surface area is 124 Å². The summed E-state index contributed by atoms with van der Waals surface area (Å²) in [5.41, 5.74) is 6.40. The monoisotopic (exact) mass is 312 g/mol. The Morgan fingerprint density at radius 2 is 2.00 bits per heavy atom. The van der Waals surface area contributed by atoms with Crippen molar-refractivity contribution >= 4 is 10.0 Å². The summed E-state index contributed by atoms with van der Waals surface area (Å²) in [6.07, 6.45) is 3.17. The highest BCUT2D eigenvalue weighted by Crippen LogP contribution is 2.14. The number of rotatable bonds is 7. The van der Waals surface area contributed by atoms with E-state index in [1.807, 2.05) is 18.4 Å². The van der Waals surface area contributed by atoms with Gasteiger partial charge >= 0.3 is 0 Å². The van der Waals surface area contributed by atoms with Crippen LogP contribution in [-0.2, 0) is 36.2 Å². The fourth-order valence-corrected chi connectivity index (χ4v) is 3.10. The van der Waals surface area contributed by atoms with Crippen molar-refractivity contribution in [3.8, 4) is 0 Å². The molecule has 8 nitrogen and oxygen atoms in total. The molecule has 0 spiro atoms. The Bertz CT molecular complexity index is 682. The molecule has 0 radical (unpaired) electrons. The fraction of sp³-hybridized carbons (Fsp3) is 0.500. The first-order valence-electron chi connectivity index (χ1n) is 6.77. The standard InChI is InChI=1S/C12H20N6O2S/c1-3-17-8-11(5-10(17)6-13)21(19,20)15-7-12-16-14-9-18(12)4-2/h5,8-9,15H,3-4,6-7,13H2,1-2H3. The number of nitrogens with two attached hydrogens (primary N) is 1. The van der Waals surface area contributed by atoms with Crippen LogP contribution in [0.1, 0.15) is 25.4 Å². The summed E-state index contributed by atoms with van der Waals surface area (Å²) in [4.78, 5) is 0.215. The molecule has 0 aliphatic carbocycles. The van der Waals surface area contributed by atoms with Gasteiger partial charge in [0, 0.05) is 31.5 Å². The first-order chi connectivity index (χ1) is 10.0. The SMILES string of the molecule is CCn1cc(S(=O)(=O)NCc2nncn2CC)cc1CN. The molecule has 0 aliphatic rings. The number of sulfonamides is 1. The number of aryl methyl sites for hydroxylation is 2. The van der Waals surface area contributed by atoms with E-state index in [0.29, 0.717) is 25.5 Å². The molecule has 2 aromatic heterocycles. The van der Waals surface area contributed by atoms with Gasteiger partial charge in [-0.15, -0.1) is 10.2 Å². The number of aromatic nitrogens is 4. The maximum atomic E-state index is 12.3. The molecule has 116 valence electrons. The molecule has 2 aromatic rings. The summed E-state index contributed by atoms with van der Waals surface area (Å²) in [7, 11) is -3.59. The smallest absolute Gasteiger partial charge is 0.242 e. The molecule has 3 N–H and O–H groups in total. The van der Waals surface area contributed by atoms with Crippen LogP contribution in [0.2, 0.25) is 0 Å². The van der Waals surface area contributed by atoms with Gasteiger partial charge in [0.15, 0.2) is 0 Å². The molecule has 0 saturated heterocycles. The second-order valence-electron chi connectivity index (χ2n) is 4.52. The van der Waals surface area contributed by atoms with E-state index in [1.165, 1.54) is 0 Å². The summed E-state index contributed by atoms with van der Waals surface area (Å²) in [5.74, 6) is 0.579. The molecule has 0 saturated carbocycles. The summed E-state index contributed by atoms with van der Waals surface area (Å²) in [6, 6.07) is 1.59. The summed E-state index contributed by atoms with van der Waals surface area (Å²) >= 11 is 0. The highest BCUT2D eigenvalue weighted by Gasteiger charge is 2.18. The molecule has 0 amide bonds. The highest BCUT2D eigenvalue weighted by molar-refractivity contribution is 7.89. The van der Waals surface area contributed by atoms with Gasteiger partial charge in [0.25, 0.3) is 0 Å². The zero-order chi connectivity index (χ0) is 15.5. The molecule has 2 heterocycles. The van der Waals surface area contributed by atoms with Crippen LogP contribution < -0.4 is 10.5 Å². The molecule has 0 aromatic carbocycles. The molecule has 2 rings (SSSR count). The van der Waals surface area contributed by atoms with Gasteiger partial charge in [0.2, 0.25) is 10.0 Å². The summed E-state index contributed by atoms with van der Waals surface area (Å²) < 4.78 is 30.7. The van der Waals surface area contributed by atoms with Crippen LogP contribution in [0.3, 0.4) is 0 Å². The van der Waals surface area contributed by atoms with Gasteiger partial charge < -0.3 is 14.9 Å². The van der Waals surface area contributed by atoms with E-state index >= 15 is 0 Å². The van der Waals surface area contributed by atoms with E-state index < -0.39 is 10.0 Å². The Kier molecular flexibility index (Phi) is 4.76. The highest BCUT2D eigenvalue weighted by atomic mass is 32.2. The summed E-state index contributed by atoms with van der Waals surface area (Å²) in [5, 5.41) is 7.67. The van der Waals surface area contributed by atoms with E-state index in [0.717, 1.165) is 5.69 Å². The van der Waals surface area contributed by atoms with Gasteiger partial charge in [-0.05, 0) is 19.9 Å². The quantitative estimate of drug-likeness (QED) is 0.751. The molecule has 0 atom stereocenters. The van der Waals surface area contributed by atoms with Gasteiger partial charge in [-0.25, -0.2) is 13.1 Å². The van der Waals surface area contributed by atoms with Crippen molar-refractivity contribution in [2.75, 3.05) is 0 Å². The Balaban J connectivity index is 2.17. The van der Waals surface area contributed by atoms with Crippen molar-refractivity contribution in [3.05, 3.63) is 30.1 Å². The van der Waals surface area contributed by atoms with E-state index in [9.17, 15) is 8.42 Å². The third kappa shape index (κ3) is 3.31. The Morgan fingerprint density at radius 3 is 2.57 bits per heavy atom. The predicted molar refractivity (Wildman–Crippen MR) is 77.7 cm³/mol. The third-order valence-electron chi connectivity index (χ3n) is 3.28. The number of hydrogen-bond donors (Lipinski definition) is 2. The Hall–Kier alpha value is -1.71. The number of nitrogens with one attached hydrogen (secondary N) is 1. The van der Waals surface area contributed by atoms with Crippen LogP contribution in [0.15, 0.2) is 23.5 Å². The minimum Gasteiger partial charge on any atom is -0.349 e. The van der Waals surface area contributed by atoms with Crippen LogP contribution in [0.5, 0.6) is 0 Å². The maximum Gasteiger partial charge on any atom is 0.242 e. The van der Waals surface area contributed by atoms with Gasteiger partial charge in [-0.3, -0.25) is 0 Å². The lowest BCUT2D eigenvalue weighted by Crippen LogP contribution is -2.24. The van der Waals surface area contributed by atoms with Crippen LogP contribution in [-0.4, -0.2) is 27.7 Å². The average molecular weight is 312 g/mol. The predicted octanol–water partition coefficient (Wildman–Crippen LogP) is 0.0566. The molecule has 0 aliphatic heterocycles. The lowest BCUT2D eigenvalue weighted by molar-refractivity contribution is 0.574. The van der Waals surface area contributed by atoms with E-state index in [4.69, 9.17) is 5.73 Å². The van der Waals surface area contributed by atoms with Crippen LogP contribution in [0.4, 0.5) is 0 Å². The minimum absolute atomic E-state index is 0.103. The first kappa shape index (κ1) is 15.7.